The largest absolute Gasteiger partial charge is 0.457 e. The summed E-state index contributed by atoms with van der Waals surface area (Å²) in [5, 5.41) is 4.61. The fourth-order valence-electron chi connectivity index (χ4n) is 4.58. The molecule has 41 heavy (non-hydrogen) atoms. The molecule has 5 nitrogen and oxygen atoms in total. The standard InChI is InChI=1S/C36H31N3O2/c1-36(2,3)30-19-20-37-35(21-30)41-34-14-8-13-33(23-34)40-32-12-7-11-31(22-32)39-25-29(24-38-39)28-17-15-27(16-18-28)26-9-5-4-6-10-26/h4-25H,1-3H3. The van der Waals surface area contributed by atoms with Crippen molar-refractivity contribution in [2.45, 2.75) is 26.2 Å². The predicted octanol–water partition coefficient (Wildman–Crippen LogP) is 9.48. The van der Waals surface area contributed by atoms with Crippen LogP contribution in [0.4, 0.5) is 0 Å². The van der Waals surface area contributed by atoms with Gasteiger partial charge in [0.05, 0.1) is 11.9 Å². The van der Waals surface area contributed by atoms with Crippen LogP contribution in [0.2, 0.25) is 0 Å². The molecule has 0 N–H and O–H groups in total. The minimum Gasteiger partial charge on any atom is -0.457 e. The van der Waals surface area contributed by atoms with E-state index < -0.39 is 0 Å². The summed E-state index contributed by atoms with van der Waals surface area (Å²) in [6, 6.07) is 38.4. The zero-order valence-corrected chi connectivity index (χ0v) is 23.4. The number of nitrogens with zero attached hydrogens (tertiary/aromatic N) is 3. The van der Waals surface area contributed by atoms with Crippen molar-refractivity contribution in [2.24, 2.45) is 0 Å². The van der Waals surface area contributed by atoms with Gasteiger partial charge in [0.1, 0.15) is 17.2 Å². The van der Waals surface area contributed by atoms with E-state index in [-0.39, 0.29) is 5.41 Å². The van der Waals surface area contributed by atoms with Gasteiger partial charge in [0.15, 0.2) is 0 Å². The van der Waals surface area contributed by atoms with E-state index >= 15 is 0 Å². The van der Waals surface area contributed by atoms with Crippen LogP contribution < -0.4 is 9.47 Å². The summed E-state index contributed by atoms with van der Waals surface area (Å²) in [7, 11) is 0. The molecule has 5 heteroatoms. The van der Waals surface area contributed by atoms with Crippen molar-refractivity contribution in [3.05, 3.63) is 139 Å². The van der Waals surface area contributed by atoms with Gasteiger partial charge in [-0.1, -0.05) is 87.5 Å². The fourth-order valence-corrected chi connectivity index (χ4v) is 4.58. The van der Waals surface area contributed by atoms with Crippen LogP contribution in [0.3, 0.4) is 0 Å². The van der Waals surface area contributed by atoms with E-state index in [1.165, 1.54) is 11.1 Å². The van der Waals surface area contributed by atoms with Gasteiger partial charge in [-0.25, -0.2) is 9.67 Å². The molecule has 0 saturated carbocycles. The molecule has 6 aromatic rings. The van der Waals surface area contributed by atoms with Crippen LogP contribution in [0.1, 0.15) is 26.3 Å². The van der Waals surface area contributed by atoms with Gasteiger partial charge in [-0.3, -0.25) is 0 Å². The number of aromatic nitrogens is 3. The molecule has 202 valence electrons. The first kappa shape index (κ1) is 26.1. The van der Waals surface area contributed by atoms with Crippen molar-refractivity contribution in [3.63, 3.8) is 0 Å². The average molecular weight is 538 g/mol. The Bertz CT molecular complexity index is 1770. The second-order valence-electron chi connectivity index (χ2n) is 10.9. The molecular weight excluding hydrogens is 506 g/mol. The zero-order chi connectivity index (χ0) is 28.2. The number of hydrogen-bond acceptors (Lipinski definition) is 4. The topological polar surface area (TPSA) is 49.2 Å². The molecule has 0 atom stereocenters. The van der Waals surface area contributed by atoms with Crippen LogP contribution in [0.25, 0.3) is 27.9 Å². The molecule has 0 aliphatic heterocycles. The maximum atomic E-state index is 6.20. The third kappa shape index (κ3) is 6.20. The summed E-state index contributed by atoms with van der Waals surface area (Å²) in [4.78, 5) is 4.38. The molecule has 0 amide bonds. The molecule has 4 aromatic carbocycles. The Balaban J connectivity index is 1.16. The van der Waals surface area contributed by atoms with Crippen molar-refractivity contribution in [3.8, 4) is 51.1 Å². The lowest BCUT2D eigenvalue weighted by atomic mass is 9.88. The van der Waals surface area contributed by atoms with Gasteiger partial charge in [-0.15, -0.1) is 0 Å². The van der Waals surface area contributed by atoms with Gasteiger partial charge in [-0.05, 0) is 58.0 Å². The summed E-state index contributed by atoms with van der Waals surface area (Å²) in [5.74, 6) is 2.59. The van der Waals surface area contributed by atoms with E-state index in [0.717, 1.165) is 22.4 Å². The molecule has 2 aromatic heterocycles. The minimum atomic E-state index is 0.0133. The van der Waals surface area contributed by atoms with Crippen LogP contribution >= 0.6 is 0 Å². The predicted molar refractivity (Wildman–Crippen MR) is 164 cm³/mol. The highest BCUT2D eigenvalue weighted by molar-refractivity contribution is 5.70. The first-order valence-corrected chi connectivity index (χ1v) is 13.6. The van der Waals surface area contributed by atoms with E-state index in [0.29, 0.717) is 23.1 Å². The summed E-state index contributed by atoms with van der Waals surface area (Å²) >= 11 is 0. The Morgan fingerprint density at radius 3 is 1.95 bits per heavy atom. The van der Waals surface area contributed by atoms with Crippen molar-refractivity contribution in [2.75, 3.05) is 0 Å². The third-order valence-corrected chi connectivity index (χ3v) is 6.85. The van der Waals surface area contributed by atoms with Gasteiger partial charge >= 0.3 is 0 Å². The Labute approximate surface area is 240 Å². The molecule has 0 spiro atoms. The number of hydrogen-bond donors (Lipinski definition) is 0. The summed E-state index contributed by atoms with van der Waals surface area (Å²) in [6.45, 7) is 6.51. The van der Waals surface area contributed by atoms with E-state index in [1.807, 2.05) is 83.8 Å². The molecule has 0 radical (unpaired) electrons. The smallest absolute Gasteiger partial charge is 0.219 e. The summed E-state index contributed by atoms with van der Waals surface area (Å²) in [5.41, 5.74) is 6.64. The van der Waals surface area contributed by atoms with Gasteiger partial charge in [-0.2, -0.15) is 5.10 Å². The minimum absolute atomic E-state index is 0.0133. The lowest BCUT2D eigenvalue weighted by Crippen LogP contribution is -2.11. The highest BCUT2D eigenvalue weighted by Gasteiger charge is 2.15. The third-order valence-electron chi connectivity index (χ3n) is 6.85. The van der Waals surface area contributed by atoms with Gasteiger partial charge < -0.3 is 9.47 Å². The molecule has 0 aliphatic rings. The van der Waals surface area contributed by atoms with Crippen molar-refractivity contribution in [1.82, 2.24) is 14.8 Å². The quantitative estimate of drug-likeness (QED) is 0.203. The molecule has 0 unspecified atom stereocenters. The van der Waals surface area contributed by atoms with Crippen molar-refractivity contribution < 1.29 is 9.47 Å². The second-order valence-corrected chi connectivity index (χ2v) is 10.9. The van der Waals surface area contributed by atoms with E-state index in [2.05, 4.69) is 79.4 Å². The number of pyridine rings is 1. The zero-order valence-electron chi connectivity index (χ0n) is 23.4. The van der Waals surface area contributed by atoms with Crippen molar-refractivity contribution >= 4 is 0 Å². The fraction of sp³-hybridized carbons (Fsp3) is 0.111. The van der Waals surface area contributed by atoms with Crippen molar-refractivity contribution in [1.29, 1.82) is 0 Å². The average Bonchev–Trinajstić information content (AvgIpc) is 3.49. The van der Waals surface area contributed by atoms with Crippen LogP contribution in [-0.2, 0) is 5.41 Å². The number of ether oxygens (including phenoxy) is 2. The maximum Gasteiger partial charge on any atom is 0.219 e. The van der Waals surface area contributed by atoms with E-state index in [4.69, 9.17) is 9.47 Å². The molecule has 0 saturated heterocycles. The summed E-state index contributed by atoms with van der Waals surface area (Å²) < 4.78 is 14.1. The van der Waals surface area contributed by atoms with E-state index in [9.17, 15) is 0 Å². The Morgan fingerprint density at radius 2 is 1.22 bits per heavy atom. The molecule has 0 fully saturated rings. The lowest BCUT2D eigenvalue weighted by molar-refractivity contribution is 0.446. The second kappa shape index (κ2) is 11.1. The Hall–Kier alpha value is -5.16. The van der Waals surface area contributed by atoms with Gasteiger partial charge in [0, 0.05) is 36.2 Å². The molecule has 0 bridgehead atoms. The normalized spacial score (nSPS) is 11.3. The SMILES string of the molecule is CC(C)(C)c1ccnc(Oc2cccc(Oc3cccc(-n4cc(-c5ccc(-c6ccccc6)cc5)cn4)c3)c2)c1. The first-order valence-electron chi connectivity index (χ1n) is 13.6. The van der Waals surface area contributed by atoms with Crippen LogP contribution in [0.15, 0.2) is 134 Å². The highest BCUT2D eigenvalue weighted by atomic mass is 16.5. The van der Waals surface area contributed by atoms with Gasteiger partial charge in [0.25, 0.3) is 0 Å². The first-order chi connectivity index (χ1) is 19.9. The Kier molecular flexibility index (Phi) is 7.09. The van der Waals surface area contributed by atoms with E-state index in [1.54, 1.807) is 6.20 Å². The van der Waals surface area contributed by atoms with Crippen LogP contribution in [0.5, 0.6) is 23.1 Å². The number of rotatable bonds is 7. The Morgan fingerprint density at radius 1 is 0.585 bits per heavy atom. The van der Waals surface area contributed by atoms with Gasteiger partial charge in [0.2, 0.25) is 5.88 Å². The monoisotopic (exact) mass is 537 g/mol. The molecule has 0 aliphatic carbocycles. The highest BCUT2D eigenvalue weighted by Crippen LogP contribution is 2.31. The molecule has 2 heterocycles. The summed E-state index contributed by atoms with van der Waals surface area (Å²) in [6.07, 6.45) is 5.70. The maximum absolute atomic E-state index is 6.20. The lowest BCUT2D eigenvalue weighted by Gasteiger charge is -2.19. The van der Waals surface area contributed by atoms with Crippen LogP contribution in [0, 0.1) is 0 Å². The number of benzene rings is 4. The molecule has 6 rings (SSSR count). The molecular formula is C36H31N3O2. The van der Waals surface area contributed by atoms with Crippen LogP contribution in [-0.4, -0.2) is 14.8 Å².